The molecule has 1 saturated heterocycles. The Morgan fingerprint density at radius 2 is 2.12 bits per heavy atom. The van der Waals surface area contributed by atoms with Crippen LogP contribution in [-0.4, -0.2) is 18.2 Å². The van der Waals surface area contributed by atoms with Crippen molar-refractivity contribution < 1.29 is 4.74 Å². The van der Waals surface area contributed by atoms with E-state index in [4.69, 9.17) is 4.74 Å². The molecule has 2 rings (SSSR count). The Hall–Kier alpha value is -1.12. The van der Waals surface area contributed by atoms with E-state index < -0.39 is 0 Å². The van der Waals surface area contributed by atoms with Gasteiger partial charge in [-0.2, -0.15) is 0 Å². The van der Waals surface area contributed by atoms with Crippen LogP contribution in [0.5, 0.6) is 0 Å². The summed E-state index contributed by atoms with van der Waals surface area (Å²) in [6.45, 7) is 5.81. The minimum Gasteiger partial charge on any atom is -0.373 e. The van der Waals surface area contributed by atoms with Gasteiger partial charge in [-0.25, -0.2) is 0 Å². The van der Waals surface area contributed by atoms with Gasteiger partial charge in [0.25, 0.3) is 0 Å². The van der Waals surface area contributed by atoms with E-state index in [1.165, 1.54) is 12.0 Å². The lowest BCUT2D eigenvalue weighted by molar-refractivity contribution is 0.148. The van der Waals surface area contributed by atoms with Gasteiger partial charge in [0.05, 0.1) is 13.2 Å². The van der Waals surface area contributed by atoms with E-state index in [9.17, 15) is 0 Å². The zero-order valence-corrected chi connectivity index (χ0v) is 10.6. The second-order valence-corrected chi connectivity index (χ2v) is 4.79. The highest BCUT2D eigenvalue weighted by Crippen LogP contribution is 2.29. The average molecular weight is 231 g/mol. The van der Waals surface area contributed by atoms with Crippen molar-refractivity contribution in [1.29, 1.82) is 0 Å². The molecule has 1 heterocycles. The molecule has 2 nitrogen and oxygen atoms in total. The van der Waals surface area contributed by atoms with Crippen LogP contribution in [0, 0.1) is 0 Å². The quantitative estimate of drug-likeness (QED) is 0.463. The van der Waals surface area contributed by atoms with Crippen LogP contribution in [0.3, 0.4) is 0 Å². The van der Waals surface area contributed by atoms with Crippen LogP contribution in [0.25, 0.3) is 0 Å². The van der Waals surface area contributed by atoms with Gasteiger partial charge in [0.15, 0.2) is 0 Å². The first-order chi connectivity index (χ1) is 8.24. The Labute approximate surface area is 104 Å². The summed E-state index contributed by atoms with van der Waals surface area (Å²) >= 11 is 0. The summed E-state index contributed by atoms with van der Waals surface area (Å²) in [4.78, 5) is 0. The highest BCUT2D eigenvalue weighted by molar-refractivity contribution is 5.22. The number of ether oxygens (including phenoxy) is 1. The number of hydrogen-bond donors (Lipinski definition) is 1. The highest BCUT2D eigenvalue weighted by Gasteiger charge is 2.45. The van der Waals surface area contributed by atoms with Gasteiger partial charge < -0.3 is 10.1 Å². The lowest BCUT2D eigenvalue weighted by Crippen LogP contribution is -2.06. The van der Waals surface area contributed by atoms with Gasteiger partial charge in [0.1, 0.15) is 0 Å². The SMILES string of the molecule is CC[C@H]1N[C@@]1(C)/C=C/COCc1ccccc1. The Morgan fingerprint density at radius 3 is 2.76 bits per heavy atom. The van der Waals surface area contributed by atoms with Gasteiger partial charge in [-0.1, -0.05) is 49.4 Å². The van der Waals surface area contributed by atoms with Crippen molar-refractivity contribution in [3.63, 3.8) is 0 Å². The van der Waals surface area contributed by atoms with Crippen LogP contribution in [0.15, 0.2) is 42.5 Å². The first-order valence-electron chi connectivity index (χ1n) is 6.31. The van der Waals surface area contributed by atoms with Crippen LogP contribution in [0.4, 0.5) is 0 Å². The molecule has 0 saturated carbocycles. The van der Waals surface area contributed by atoms with Gasteiger partial charge >= 0.3 is 0 Å². The summed E-state index contributed by atoms with van der Waals surface area (Å²) in [5.41, 5.74) is 1.44. The third kappa shape index (κ3) is 3.42. The Bertz CT molecular complexity index is 374. The van der Waals surface area contributed by atoms with Crippen molar-refractivity contribution in [1.82, 2.24) is 5.32 Å². The fourth-order valence-electron chi connectivity index (χ4n) is 2.14. The molecule has 2 atom stereocenters. The van der Waals surface area contributed by atoms with Gasteiger partial charge in [-0.15, -0.1) is 0 Å². The molecule has 2 heteroatoms. The molecule has 0 unspecified atom stereocenters. The van der Waals surface area contributed by atoms with Crippen LogP contribution < -0.4 is 5.32 Å². The summed E-state index contributed by atoms with van der Waals surface area (Å²) in [6.07, 6.45) is 5.53. The first kappa shape index (κ1) is 12.3. The largest absolute Gasteiger partial charge is 0.373 e. The Morgan fingerprint density at radius 1 is 1.35 bits per heavy atom. The van der Waals surface area contributed by atoms with Crippen molar-refractivity contribution in [2.45, 2.75) is 38.5 Å². The zero-order valence-electron chi connectivity index (χ0n) is 10.6. The molecule has 1 aliphatic rings. The van der Waals surface area contributed by atoms with E-state index in [1.54, 1.807) is 0 Å². The van der Waals surface area contributed by atoms with Crippen LogP contribution in [0.1, 0.15) is 25.8 Å². The number of rotatable bonds is 6. The molecule has 0 aromatic heterocycles. The van der Waals surface area contributed by atoms with Crippen LogP contribution in [-0.2, 0) is 11.3 Å². The van der Waals surface area contributed by atoms with Crippen molar-refractivity contribution in [2.24, 2.45) is 0 Å². The normalized spacial score (nSPS) is 27.5. The predicted molar refractivity (Wildman–Crippen MR) is 70.9 cm³/mol. The molecular weight excluding hydrogens is 210 g/mol. The number of hydrogen-bond acceptors (Lipinski definition) is 2. The summed E-state index contributed by atoms with van der Waals surface area (Å²) in [5.74, 6) is 0. The molecule has 1 aliphatic heterocycles. The van der Waals surface area contributed by atoms with Crippen LogP contribution >= 0.6 is 0 Å². The van der Waals surface area contributed by atoms with E-state index in [2.05, 4.69) is 43.4 Å². The van der Waals surface area contributed by atoms with Crippen molar-refractivity contribution in [2.75, 3.05) is 6.61 Å². The molecule has 0 amide bonds. The third-order valence-electron chi connectivity index (χ3n) is 3.32. The fourth-order valence-corrected chi connectivity index (χ4v) is 2.14. The Kier molecular flexibility index (Phi) is 3.97. The van der Waals surface area contributed by atoms with E-state index in [0.29, 0.717) is 19.3 Å². The van der Waals surface area contributed by atoms with E-state index in [1.807, 2.05) is 18.2 Å². The molecule has 1 N–H and O–H groups in total. The Balaban J connectivity index is 1.66. The average Bonchev–Trinajstić information content (AvgIpc) is 3.02. The topological polar surface area (TPSA) is 31.2 Å². The standard InChI is InChI=1S/C15H21NO/c1-3-14-15(2,16-14)10-7-11-17-12-13-8-5-4-6-9-13/h4-10,14,16H,3,11-12H2,1-2H3/b10-7+/t14-,15+/m1/s1. The summed E-state index contributed by atoms with van der Waals surface area (Å²) in [6, 6.07) is 10.9. The highest BCUT2D eigenvalue weighted by atomic mass is 16.5. The third-order valence-corrected chi connectivity index (χ3v) is 3.32. The van der Waals surface area contributed by atoms with Crippen LogP contribution in [0.2, 0.25) is 0 Å². The fraction of sp³-hybridized carbons (Fsp3) is 0.467. The first-order valence-corrected chi connectivity index (χ1v) is 6.31. The van der Waals surface area contributed by atoms with Gasteiger partial charge in [0.2, 0.25) is 0 Å². The molecule has 1 aromatic rings. The van der Waals surface area contributed by atoms with Crippen molar-refractivity contribution >= 4 is 0 Å². The maximum atomic E-state index is 5.60. The van der Waals surface area contributed by atoms with E-state index in [-0.39, 0.29) is 5.54 Å². The molecule has 92 valence electrons. The molecule has 1 aromatic carbocycles. The lowest BCUT2D eigenvalue weighted by Gasteiger charge is -2.02. The van der Waals surface area contributed by atoms with Crippen molar-refractivity contribution in [3.8, 4) is 0 Å². The second kappa shape index (κ2) is 5.48. The second-order valence-electron chi connectivity index (χ2n) is 4.79. The molecule has 0 radical (unpaired) electrons. The van der Waals surface area contributed by atoms with Gasteiger partial charge in [-0.3, -0.25) is 0 Å². The van der Waals surface area contributed by atoms with Crippen molar-refractivity contribution in [3.05, 3.63) is 48.0 Å². The molecule has 1 fully saturated rings. The molecular formula is C15H21NO. The molecule has 17 heavy (non-hydrogen) atoms. The monoisotopic (exact) mass is 231 g/mol. The molecule has 0 aliphatic carbocycles. The maximum Gasteiger partial charge on any atom is 0.0721 e. The smallest absolute Gasteiger partial charge is 0.0721 e. The van der Waals surface area contributed by atoms with E-state index >= 15 is 0 Å². The molecule has 0 spiro atoms. The van der Waals surface area contributed by atoms with Gasteiger partial charge in [0, 0.05) is 11.6 Å². The summed E-state index contributed by atoms with van der Waals surface area (Å²) in [7, 11) is 0. The predicted octanol–water partition coefficient (Wildman–Crippen LogP) is 2.90. The number of benzene rings is 1. The zero-order chi connectivity index (χ0) is 12.1. The van der Waals surface area contributed by atoms with Gasteiger partial charge in [-0.05, 0) is 18.9 Å². The maximum absolute atomic E-state index is 5.60. The lowest BCUT2D eigenvalue weighted by atomic mass is 10.1. The molecule has 0 bridgehead atoms. The van der Waals surface area contributed by atoms with E-state index in [0.717, 1.165) is 0 Å². The summed E-state index contributed by atoms with van der Waals surface area (Å²) < 4.78 is 5.60. The minimum atomic E-state index is 0.213. The minimum absolute atomic E-state index is 0.213. The summed E-state index contributed by atoms with van der Waals surface area (Å²) in [5, 5.41) is 3.46. The number of nitrogens with one attached hydrogen (secondary N) is 1.